The predicted octanol–water partition coefficient (Wildman–Crippen LogP) is 2.26. The normalized spacial score (nSPS) is 16.4. The van der Waals surface area contributed by atoms with Crippen molar-refractivity contribution >= 4 is 23.2 Å². The summed E-state index contributed by atoms with van der Waals surface area (Å²) in [7, 11) is 0. The zero-order valence-corrected chi connectivity index (χ0v) is 12.6. The van der Waals surface area contributed by atoms with E-state index in [2.05, 4.69) is 17.1 Å². The molecule has 0 saturated carbocycles. The molecule has 110 valence electrons. The van der Waals surface area contributed by atoms with E-state index < -0.39 is 5.91 Å². The quantitative estimate of drug-likeness (QED) is 0.876. The number of piperidine rings is 1. The van der Waals surface area contributed by atoms with Gasteiger partial charge in [-0.15, -0.1) is 0 Å². The molecule has 0 bridgehead atoms. The number of anilines is 1. The van der Waals surface area contributed by atoms with Crippen molar-refractivity contribution in [3.63, 3.8) is 0 Å². The third kappa shape index (κ3) is 3.44. The van der Waals surface area contributed by atoms with Crippen LogP contribution in [0.15, 0.2) is 18.2 Å². The molecule has 1 amide bonds. The molecule has 1 heterocycles. The van der Waals surface area contributed by atoms with Gasteiger partial charge in [0.25, 0.3) is 5.91 Å². The number of benzene rings is 1. The Hall–Kier alpha value is -1.26. The Morgan fingerprint density at radius 2 is 2.15 bits per heavy atom. The molecule has 1 aromatic carbocycles. The van der Waals surface area contributed by atoms with E-state index in [1.165, 1.54) is 0 Å². The van der Waals surface area contributed by atoms with Gasteiger partial charge >= 0.3 is 0 Å². The van der Waals surface area contributed by atoms with Crippen LogP contribution in [0.3, 0.4) is 0 Å². The van der Waals surface area contributed by atoms with E-state index in [-0.39, 0.29) is 0 Å². The first-order valence-electron chi connectivity index (χ1n) is 7.17. The first kappa shape index (κ1) is 15.1. The maximum atomic E-state index is 11.6. The number of rotatable bonds is 5. The highest BCUT2D eigenvalue weighted by Gasteiger charge is 2.23. The van der Waals surface area contributed by atoms with E-state index in [1.807, 2.05) is 12.1 Å². The number of nitrogens with two attached hydrogens (primary N) is 1. The smallest absolute Gasteiger partial charge is 0.252 e. The first-order valence-corrected chi connectivity index (χ1v) is 7.55. The van der Waals surface area contributed by atoms with Crippen LogP contribution in [0.4, 0.5) is 5.69 Å². The SMILES string of the molecule is CCNCC1CCN(c2cccc(Cl)c2C(N)=O)CC1. The third-order valence-electron chi connectivity index (χ3n) is 3.88. The summed E-state index contributed by atoms with van der Waals surface area (Å²) in [6, 6.07) is 5.51. The Kier molecular flexibility index (Phi) is 5.26. The lowest BCUT2D eigenvalue weighted by Gasteiger charge is -2.34. The lowest BCUT2D eigenvalue weighted by atomic mass is 9.95. The van der Waals surface area contributed by atoms with Crippen LogP contribution in [0.5, 0.6) is 0 Å². The molecule has 4 nitrogen and oxygen atoms in total. The summed E-state index contributed by atoms with van der Waals surface area (Å²) in [5.74, 6) is 0.253. The lowest BCUT2D eigenvalue weighted by Crippen LogP contribution is -2.38. The molecule has 0 atom stereocenters. The Labute approximate surface area is 125 Å². The maximum Gasteiger partial charge on any atom is 0.252 e. The highest BCUT2D eigenvalue weighted by molar-refractivity contribution is 6.34. The van der Waals surface area contributed by atoms with Gasteiger partial charge in [0, 0.05) is 13.1 Å². The molecule has 1 aromatic rings. The Morgan fingerprint density at radius 3 is 2.75 bits per heavy atom. The maximum absolute atomic E-state index is 11.6. The monoisotopic (exact) mass is 295 g/mol. The van der Waals surface area contributed by atoms with Gasteiger partial charge in [0.05, 0.1) is 16.3 Å². The van der Waals surface area contributed by atoms with Crippen LogP contribution in [0.25, 0.3) is 0 Å². The number of primary amides is 1. The minimum atomic E-state index is -0.458. The second kappa shape index (κ2) is 6.95. The summed E-state index contributed by atoms with van der Waals surface area (Å²) in [5, 5.41) is 3.83. The second-order valence-electron chi connectivity index (χ2n) is 5.24. The predicted molar refractivity (Wildman–Crippen MR) is 83.5 cm³/mol. The highest BCUT2D eigenvalue weighted by Crippen LogP contribution is 2.30. The van der Waals surface area contributed by atoms with Gasteiger partial charge in [0.15, 0.2) is 0 Å². The van der Waals surface area contributed by atoms with Crippen molar-refractivity contribution in [1.29, 1.82) is 0 Å². The largest absolute Gasteiger partial charge is 0.371 e. The number of hydrogen-bond donors (Lipinski definition) is 2. The van der Waals surface area contributed by atoms with Crippen molar-refractivity contribution in [2.24, 2.45) is 11.7 Å². The van der Waals surface area contributed by atoms with Crippen molar-refractivity contribution in [3.8, 4) is 0 Å². The summed E-state index contributed by atoms with van der Waals surface area (Å²) in [6.07, 6.45) is 2.25. The van der Waals surface area contributed by atoms with Gasteiger partial charge in [-0.25, -0.2) is 0 Å². The Morgan fingerprint density at radius 1 is 1.45 bits per heavy atom. The number of nitrogens with one attached hydrogen (secondary N) is 1. The van der Waals surface area contributed by atoms with Crippen molar-refractivity contribution in [1.82, 2.24) is 5.32 Å². The fraction of sp³-hybridized carbons (Fsp3) is 0.533. The van der Waals surface area contributed by atoms with Crippen molar-refractivity contribution in [2.75, 3.05) is 31.1 Å². The number of hydrogen-bond acceptors (Lipinski definition) is 3. The van der Waals surface area contributed by atoms with Crippen molar-refractivity contribution < 1.29 is 4.79 Å². The number of nitrogens with zero attached hydrogens (tertiary/aromatic N) is 1. The average molecular weight is 296 g/mol. The number of amides is 1. The summed E-state index contributed by atoms with van der Waals surface area (Å²) < 4.78 is 0. The molecular formula is C15H22ClN3O. The van der Waals surface area contributed by atoms with Crippen LogP contribution in [0, 0.1) is 5.92 Å². The van der Waals surface area contributed by atoms with Gasteiger partial charge in [-0.3, -0.25) is 4.79 Å². The summed E-state index contributed by atoms with van der Waals surface area (Å²) in [4.78, 5) is 13.8. The van der Waals surface area contributed by atoms with Gasteiger partial charge in [-0.2, -0.15) is 0 Å². The van der Waals surface area contributed by atoms with E-state index in [1.54, 1.807) is 6.07 Å². The van der Waals surface area contributed by atoms with E-state index in [0.717, 1.165) is 44.7 Å². The first-order chi connectivity index (χ1) is 9.63. The molecule has 0 unspecified atom stereocenters. The van der Waals surface area contributed by atoms with Gasteiger partial charge < -0.3 is 16.0 Å². The van der Waals surface area contributed by atoms with E-state index in [0.29, 0.717) is 16.5 Å². The van der Waals surface area contributed by atoms with Crippen LogP contribution in [-0.4, -0.2) is 32.1 Å². The lowest BCUT2D eigenvalue weighted by molar-refractivity contribution is 0.100. The molecule has 0 radical (unpaired) electrons. The van der Waals surface area contributed by atoms with Crippen LogP contribution >= 0.6 is 11.6 Å². The van der Waals surface area contributed by atoms with E-state index in [9.17, 15) is 4.79 Å². The summed E-state index contributed by atoms with van der Waals surface area (Å²) in [6.45, 7) is 6.09. The van der Waals surface area contributed by atoms with Crippen molar-refractivity contribution in [3.05, 3.63) is 28.8 Å². The molecule has 0 spiro atoms. The standard InChI is InChI=1S/C15H22ClN3O/c1-2-18-10-11-6-8-19(9-7-11)13-5-3-4-12(16)14(13)15(17)20/h3-5,11,18H,2,6-10H2,1H3,(H2,17,20). The zero-order chi connectivity index (χ0) is 14.5. The third-order valence-corrected chi connectivity index (χ3v) is 4.19. The fourth-order valence-corrected chi connectivity index (χ4v) is 3.01. The molecule has 1 aliphatic rings. The fourth-order valence-electron chi connectivity index (χ4n) is 2.75. The molecule has 1 fully saturated rings. The molecule has 0 aliphatic carbocycles. The topological polar surface area (TPSA) is 58.4 Å². The minimum Gasteiger partial charge on any atom is -0.371 e. The number of halogens is 1. The number of carbonyl (C=O) groups is 1. The molecular weight excluding hydrogens is 274 g/mol. The molecule has 0 aromatic heterocycles. The van der Waals surface area contributed by atoms with E-state index >= 15 is 0 Å². The Balaban J connectivity index is 2.07. The average Bonchev–Trinajstić information content (AvgIpc) is 2.45. The summed E-state index contributed by atoms with van der Waals surface area (Å²) >= 11 is 6.10. The number of carbonyl (C=O) groups excluding carboxylic acids is 1. The molecule has 1 saturated heterocycles. The molecule has 5 heteroatoms. The van der Waals surface area contributed by atoms with Gasteiger partial charge in [0.1, 0.15) is 0 Å². The van der Waals surface area contributed by atoms with Gasteiger partial charge in [-0.1, -0.05) is 24.6 Å². The Bertz CT molecular complexity index is 470. The summed E-state index contributed by atoms with van der Waals surface area (Å²) in [5.41, 5.74) is 6.77. The van der Waals surface area contributed by atoms with Crippen LogP contribution in [0.2, 0.25) is 5.02 Å². The van der Waals surface area contributed by atoms with Crippen LogP contribution in [0.1, 0.15) is 30.1 Å². The van der Waals surface area contributed by atoms with Gasteiger partial charge in [0.2, 0.25) is 0 Å². The zero-order valence-electron chi connectivity index (χ0n) is 11.9. The van der Waals surface area contributed by atoms with Gasteiger partial charge in [-0.05, 0) is 44.0 Å². The highest BCUT2D eigenvalue weighted by atomic mass is 35.5. The van der Waals surface area contributed by atoms with Crippen molar-refractivity contribution in [2.45, 2.75) is 19.8 Å². The van der Waals surface area contributed by atoms with E-state index in [4.69, 9.17) is 17.3 Å². The molecule has 20 heavy (non-hydrogen) atoms. The molecule has 1 aliphatic heterocycles. The molecule has 3 N–H and O–H groups in total. The molecule has 2 rings (SSSR count). The minimum absolute atomic E-state index is 0.435. The van der Waals surface area contributed by atoms with Crippen LogP contribution in [-0.2, 0) is 0 Å². The second-order valence-corrected chi connectivity index (χ2v) is 5.64. The van der Waals surface area contributed by atoms with Crippen LogP contribution < -0.4 is 16.0 Å².